The first-order valence-electron chi connectivity index (χ1n) is 4.95. The first kappa shape index (κ1) is 10.3. The van der Waals surface area contributed by atoms with Gasteiger partial charge in [-0.1, -0.05) is 43.9 Å². The molecule has 1 aliphatic rings. The molecule has 0 fully saturated rings. The number of rotatable bonds is 2. The first-order valence-corrected chi connectivity index (χ1v) is 4.95. The molecule has 0 saturated carbocycles. The summed E-state index contributed by atoms with van der Waals surface area (Å²) in [7, 11) is 0. The highest BCUT2D eigenvalue weighted by molar-refractivity contribution is 5.10. The van der Waals surface area contributed by atoms with E-state index in [0.29, 0.717) is 17.9 Å². The van der Waals surface area contributed by atoms with Gasteiger partial charge < -0.3 is 5.32 Å². The van der Waals surface area contributed by atoms with Crippen molar-refractivity contribution >= 4 is 0 Å². The lowest BCUT2D eigenvalue weighted by atomic mass is 9.88. The zero-order chi connectivity index (χ0) is 9.68. The maximum absolute atomic E-state index is 3.69. The van der Waals surface area contributed by atoms with E-state index in [9.17, 15) is 0 Å². The molecule has 1 N–H and O–H groups in total. The molecule has 13 heavy (non-hydrogen) atoms. The molecule has 1 heterocycles. The Morgan fingerprint density at radius 1 is 1.46 bits per heavy atom. The Kier molecular flexibility index (Phi) is 3.97. The van der Waals surface area contributed by atoms with Gasteiger partial charge in [-0.05, 0) is 18.8 Å². The lowest BCUT2D eigenvalue weighted by Crippen LogP contribution is -2.33. The van der Waals surface area contributed by atoms with Crippen molar-refractivity contribution in [1.29, 1.82) is 0 Å². The molecule has 1 aliphatic heterocycles. The second-order valence-corrected chi connectivity index (χ2v) is 3.68. The highest BCUT2D eigenvalue weighted by atomic mass is 14.9. The Hall–Kier alpha value is -0.820. The van der Waals surface area contributed by atoms with E-state index in [4.69, 9.17) is 0 Å². The molecule has 0 radical (unpaired) electrons. The molecule has 0 spiro atoms. The largest absolute Gasteiger partial charge is 0.311 e. The molecule has 2 unspecified atom stereocenters. The number of allylic oxidation sites excluding steroid dienone is 4. The summed E-state index contributed by atoms with van der Waals surface area (Å²) < 4.78 is 0. The van der Waals surface area contributed by atoms with Crippen molar-refractivity contribution in [1.82, 2.24) is 5.32 Å². The average molecular weight is 177 g/mol. The van der Waals surface area contributed by atoms with E-state index < -0.39 is 0 Å². The summed E-state index contributed by atoms with van der Waals surface area (Å²) in [4.78, 5) is 0. The molecule has 0 bridgehead atoms. The van der Waals surface area contributed by atoms with Gasteiger partial charge in [0.2, 0.25) is 0 Å². The molecule has 1 rings (SSSR count). The molecule has 0 aromatic carbocycles. The van der Waals surface area contributed by atoms with Crippen LogP contribution in [-0.4, -0.2) is 12.6 Å². The van der Waals surface area contributed by atoms with Crippen molar-refractivity contribution in [3.05, 3.63) is 37.0 Å². The van der Waals surface area contributed by atoms with E-state index in [1.165, 1.54) is 0 Å². The quantitative estimate of drug-likeness (QED) is 0.505. The number of nitrogens with one attached hydrogen (secondary N) is 1. The van der Waals surface area contributed by atoms with Crippen LogP contribution in [0.25, 0.3) is 0 Å². The molecular formula is C12H19N. The summed E-state index contributed by atoms with van der Waals surface area (Å²) in [5, 5.41) is 3.45. The Morgan fingerprint density at radius 2 is 2.23 bits per heavy atom. The number of hydrogen-bond donors (Lipinski definition) is 1. The zero-order valence-corrected chi connectivity index (χ0v) is 8.53. The first-order chi connectivity index (χ1) is 6.25. The standard InChI is InChI=1S/C12H19N/c1-4-5-7-12-8-6-9-13-11(3)10(12)2/h4-8,10-13H,1,9H2,2-3H3/b7-5-/t10-,11?,12?/m0/s1. The van der Waals surface area contributed by atoms with E-state index in [1.54, 1.807) is 0 Å². The average Bonchev–Trinajstić information content (AvgIpc) is 2.28. The predicted octanol–water partition coefficient (Wildman–Crippen LogP) is 2.53. The van der Waals surface area contributed by atoms with Crippen molar-refractivity contribution < 1.29 is 0 Å². The third kappa shape index (κ3) is 2.85. The van der Waals surface area contributed by atoms with Crippen LogP contribution in [0.4, 0.5) is 0 Å². The van der Waals surface area contributed by atoms with Crippen LogP contribution in [-0.2, 0) is 0 Å². The van der Waals surface area contributed by atoms with Crippen LogP contribution < -0.4 is 5.32 Å². The molecule has 72 valence electrons. The van der Waals surface area contributed by atoms with Crippen LogP contribution in [0.3, 0.4) is 0 Å². The third-order valence-corrected chi connectivity index (χ3v) is 2.78. The summed E-state index contributed by atoms with van der Waals surface area (Å²) in [6.45, 7) is 9.20. The maximum Gasteiger partial charge on any atom is 0.0137 e. The van der Waals surface area contributed by atoms with Crippen molar-refractivity contribution in [2.24, 2.45) is 11.8 Å². The maximum atomic E-state index is 3.69. The van der Waals surface area contributed by atoms with E-state index >= 15 is 0 Å². The van der Waals surface area contributed by atoms with Gasteiger partial charge in [0.1, 0.15) is 0 Å². The summed E-state index contributed by atoms with van der Waals surface area (Å²) in [5.41, 5.74) is 0. The predicted molar refractivity (Wildman–Crippen MR) is 58.6 cm³/mol. The smallest absolute Gasteiger partial charge is 0.0137 e. The molecule has 1 heteroatoms. The lowest BCUT2D eigenvalue weighted by Gasteiger charge is -2.22. The van der Waals surface area contributed by atoms with Crippen molar-refractivity contribution in [2.75, 3.05) is 6.54 Å². The molecule has 0 aromatic heterocycles. The minimum atomic E-state index is 0.544. The van der Waals surface area contributed by atoms with Crippen LogP contribution in [0.1, 0.15) is 13.8 Å². The molecular weight excluding hydrogens is 158 g/mol. The Morgan fingerprint density at radius 3 is 2.92 bits per heavy atom. The topological polar surface area (TPSA) is 12.0 Å². The highest BCUT2D eigenvalue weighted by Crippen LogP contribution is 2.20. The van der Waals surface area contributed by atoms with E-state index in [0.717, 1.165) is 6.54 Å². The molecule has 0 aromatic rings. The Balaban J connectivity index is 2.67. The Bertz CT molecular complexity index is 215. The minimum Gasteiger partial charge on any atom is -0.311 e. The van der Waals surface area contributed by atoms with Gasteiger partial charge in [0, 0.05) is 12.6 Å². The molecule has 3 atom stereocenters. The van der Waals surface area contributed by atoms with Crippen molar-refractivity contribution in [3.8, 4) is 0 Å². The summed E-state index contributed by atoms with van der Waals surface area (Å²) in [5.74, 6) is 1.19. The second-order valence-electron chi connectivity index (χ2n) is 3.68. The number of hydrogen-bond acceptors (Lipinski definition) is 1. The zero-order valence-electron chi connectivity index (χ0n) is 8.53. The van der Waals surface area contributed by atoms with Crippen LogP contribution in [0.15, 0.2) is 37.0 Å². The van der Waals surface area contributed by atoms with Gasteiger partial charge in [0.15, 0.2) is 0 Å². The van der Waals surface area contributed by atoms with Crippen LogP contribution >= 0.6 is 0 Å². The van der Waals surface area contributed by atoms with Gasteiger partial charge in [0.25, 0.3) is 0 Å². The Labute approximate surface area is 81.2 Å². The summed E-state index contributed by atoms with van der Waals surface area (Å²) in [6, 6.07) is 0.578. The third-order valence-electron chi connectivity index (χ3n) is 2.78. The van der Waals surface area contributed by atoms with Gasteiger partial charge in [-0.15, -0.1) is 0 Å². The van der Waals surface area contributed by atoms with Gasteiger partial charge in [-0.25, -0.2) is 0 Å². The highest BCUT2D eigenvalue weighted by Gasteiger charge is 2.19. The molecule has 1 nitrogen and oxygen atoms in total. The second kappa shape index (κ2) is 5.03. The van der Waals surface area contributed by atoms with Gasteiger partial charge >= 0.3 is 0 Å². The lowest BCUT2D eigenvalue weighted by molar-refractivity contribution is 0.379. The van der Waals surface area contributed by atoms with Gasteiger partial charge in [-0.2, -0.15) is 0 Å². The normalized spacial score (nSPS) is 34.8. The minimum absolute atomic E-state index is 0.544. The van der Waals surface area contributed by atoms with Gasteiger partial charge in [0.05, 0.1) is 0 Å². The van der Waals surface area contributed by atoms with E-state index in [2.05, 4.69) is 44.0 Å². The fraction of sp³-hybridized carbons (Fsp3) is 0.500. The molecule has 0 aliphatic carbocycles. The van der Waals surface area contributed by atoms with Crippen LogP contribution in [0.2, 0.25) is 0 Å². The fourth-order valence-electron chi connectivity index (χ4n) is 1.62. The monoisotopic (exact) mass is 177 g/mol. The van der Waals surface area contributed by atoms with E-state index in [-0.39, 0.29) is 0 Å². The van der Waals surface area contributed by atoms with E-state index in [1.807, 2.05) is 12.2 Å². The van der Waals surface area contributed by atoms with Crippen molar-refractivity contribution in [3.63, 3.8) is 0 Å². The SMILES string of the molecule is C=C/C=C\C1C=CCNC(C)[C@@H]1C. The molecule has 0 amide bonds. The molecule has 0 saturated heterocycles. The summed E-state index contributed by atoms with van der Waals surface area (Å²) in [6.07, 6.45) is 10.6. The van der Waals surface area contributed by atoms with Gasteiger partial charge in [-0.3, -0.25) is 0 Å². The fourth-order valence-corrected chi connectivity index (χ4v) is 1.62. The summed E-state index contributed by atoms with van der Waals surface area (Å²) >= 11 is 0. The van der Waals surface area contributed by atoms with Crippen LogP contribution in [0.5, 0.6) is 0 Å². The van der Waals surface area contributed by atoms with Crippen LogP contribution in [0, 0.1) is 11.8 Å². The van der Waals surface area contributed by atoms with Crippen molar-refractivity contribution in [2.45, 2.75) is 19.9 Å².